The average Bonchev–Trinajstić information content (AvgIpc) is 2.92. The lowest BCUT2D eigenvalue weighted by molar-refractivity contribution is 0.667. The van der Waals surface area contributed by atoms with Crippen molar-refractivity contribution in [3.05, 3.63) is 68.8 Å². The minimum atomic E-state index is 0.644. The lowest BCUT2D eigenvalue weighted by Gasteiger charge is -2.09. The van der Waals surface area contributed by atoms with Crippen molar-refractivity contribution in [2.24, 2.45) is 4.99 Å². The average molecular weight is 363 g/mol. The van der Waals surface area contributed by atoms with E-state index < -0.39 is 0 Å². The van der Waals surface area contributed by atoms with Crippen LogP contribution in [0.1, 0.15) is 13.3 Å². The van der Waals surface area contributed by atoms with Crippen molar-refractivity contribution in [3.8, 4) is 11.3 Å². The van der Waals surface area contributed by atoms with Crippen molar-refractivity contribution >= 4 is 40.2 Å². The summed E-state index contributed by atoms with van der Waals surface area (Å²) in [6.45, 7) is 3.05. The van der Waals surface area contributed by atoms with Crippen LogP contribution in [0.2, 0.25) is 10.0 Å². The molecule has 3 aromatic rings. The first kappa shape index (κ1) is 16.3. The van der Waals surface area contributed by atoms with Crippen molar-refractivity contribution in [2.75, 3.05) is 0 Å². The van der Waals surface area contributed by atoms with Crippen molar-refractivity contribution in [1.29, 1.82) is 0 Å². The van der Waals surface area contributed by atoms with E-state index in [1.54, 1.807) is 17.4 Å². The van der Waals surface area contributed by atoms with E-state index in [4.69, 9.17) is 28.2 Å². The summed E-state index contributed by atoms with van der Waals surface area (Å²) < 4.78 is 2.22. The minimum Gasteiger partial charge on any atom is -0.316 e. The fourth-order valence-corrected chi connectivity index (χ4v) is 3.84. The Hall–Kier alpha value is -1.55. The molecule has 0 spiro atoms. The Morgan fingerprint density at radius 3 is 2.57 bits per heavy atom. The summed E-state index contributed by atoms with van der Waals surface area (Å²) >= 11 is 14.0. The fraction of sp³-hybridized carbons (Fsp3) is 0.167. The lowest BCUT2D eigenvalue weighted by Crippen LogP contribution is -2.15. The SMILES string of the molecule is CCCn1c(-c2ccc(Cl)cc2Cl)csc1=Nc1ccccc1. The van der Waals surface area contributed by atoms with Gasteiger partial charge in [0, 0.05) is 22.5 Å². The molecule has 0 unspecified atom stereocenters. The summed E-state index contributed by atoms with van der Waals surface area (Å²) in [7, 11) is 0. The maximum Gasteiger partial charge on any atom is 0.190 e. The molecule has 0 radical (unpaired) electrons. The second-order valence-electron chi connectivity index (χ2n) is 5.13. The van der Waals surface area contributed by atoms with Gasteiger partial charge in [0.15, 0.2) is 4.80 Å². The number of thiazole rings is 1. The van der Waals surface area contributed by atoms with Crippen LogP contribution in [0.3, 0.4) is 0 Å². The number of hydrogen-bond donors (Lipinski definition) is 0. The molecule has 3 rings (SSSR count). The van der Waals surface area contributed by atoms with Crippen LogP contribution >= 0.6 is 34.5 Å². The van der Waals surface area contributed by atoms with E-state index in [2.05, 4.69) is 16.9 Å². The molecule has 0 N–H and O–H groups in total. The van der Waals surface area contributed by atoms with Crippen LogP contribution in [0.15, 0.2) is 58.9 Å². The molecule has 0 amide bonds. The molecule has 1 heterocycles. The molecule has 0 fully saturated rings. The lowest BCUT2D eigenvalue weighted by atomic mass is 10.1. The molecule has 0 aliphatic rings. The van der Waals surface area contributed by atoms with E-state index >= 15 is 0 Å². The van der Waals surface area contributed by atoms with E-state index in [0.717, 1.165) is 34.7 Å². The molecule has 0 aliphatic carbocycles. The number of para-hydroxylation sites is 1. The Balaban J connectivity index is 2.14. The number of nitrogens with zero attached hydrogens (tertiary/aromatic N) is 2. The van der Waals surface area contributed by atoms with Gasteiger partial charge in [-0.1, -0.05) is 48.3 Å². The molecule has 5 heteroatoms. The van der Waals surface area contributed by atoms with Crippen LogP contribution in [-0.4, -0.2) is 4.57 Å². The molecule has 0 aliphatic heterocycles. The van der Waals surface area contributed by atoms with Crippen molar-refractivity contribution in [2.45, 2.75) is 19.9 Å². The summed E-state index contributed by atoms with van der Waals surface area (Å²) in [5.74, 6) is 0. The Labute approximate surface area is 149 Å². The molecule has 2 nitrogen and oxygen atoms in total. The van der Waals surface area contributed by atoms with E-state index in [0.29, 0.717) is 10.0 Å². The standard InChI is InChI=1S/C18H16Cl2N2S/c1-2-10-22-17(15-9-8-13(19)11-16(15)20)12-23-18(22)21-14-6-4-3-5-7-14/h3-9,11-12H,2,10H2,1H3. The van der Waals surface area contributed by atoms with Crippen LogP contribution in [0.5, 0.6) is 0 Å². The highest BCUT2D eigenvalue weighted by molar-refractivity contribution is 7.07. The molecule has 0 bridgehead atoms. The number of hydrogen-bond acceptors (Lipinski definition) is 2. The van der Waals surface area contributed by atoms with Gasteiger partial charge in [0.05, 0.1) is 16.4 Å². The van der Waals surface area contributed by atoms with Gasteiger partial charge >= 0.3 is 0 Å². The predicted molar refractivity (Wildman–Crippen MR) is 99.7 cm³/mol. The van der Waals surface area contributed by atoms with Crippen LogP contribution in [0.4, 0.5) is 5.69 Å². The summed E-state index contributed by atoms with van der Waals surface area (Å²) in [6, 6.07) is 15.6. The van der Waals surface area contributed by atoms with E-state index in [9.17, 15) is 0 Å². The van der Waals surface area contributed by atoms with Gasteiger partial charge in [-0.05, 0) is 36.8 Å². The van der Waals surface area contributed by atoms with E-state index in [1.807, 2.05) is 42.5 Å². The largest absolute Gasteiger partial charge is 0.316 e. The smallest absolute Gasteiger partial charge is 0.190 e. The first-order chi connectivity index (χ1) is 11.2. The summed E-state index contributed by atoms with van der Waals surface area (Å²) in [5.41, 5.74) is 3.01. The third kappa shape index (κ3) is 3.69. The quantitative estimate of drug-likeness (QED) is 0.528. The van der Waals surface area contributed by atoms with Gasteiger partial charge < -0.3 is 4.57 Å². The molecule has 2 aromatic carbocycles. The first-order valence-electron chi connectivity index (χ1n) is 7.42. The van der Waals surface area contributed by atoms with Crippen molar-refractivity contribution in [3.63, 3.8) is 0 Å². The van der Waals surface area contributed by atoms with Crippen LogP contribution in [0.25, 0.3) is 11.3 Å². The molecule has 118 valence electrons. The zero-order chi connectivity index (χ0) is 16.2. The van der Waals surface area contributed by atoms with Crippen LogP contribution in [0, 0.1) is 0 Å². The van der Waals surface area contributed by atoms with Gasteiger partial charge in [0.1, 0.15) is 0 Å². The zero-order valence-electron chi connectivity index (χ0n) is 12.7. The highest BCUT2D eigenvalue weighted by Crippen LogP contribution is 2.31. The topological polar surface area (TPSA) is 17.3 Å². The number of aromatic nitrogens is 1. The first-order valence-corrected chi connectivity index (χ1v) is 9.06. The highest BCUT2D eigenvalue weighted by atomic mass is 35.5. The molecular formula is C18H16Cl2N2S. The Bertz CT molecular complexity index is 866. The monoisotopic (exact) mass is 362 g/mol. The van der Waals surface area contributed by atoms with Gasteiger partial charge in [-0.25, -0.2) is 4.99 Å². The van der Waals surface area contributed by atoms with Crippen molar-refractivity contribution < 1.29 is 0 Å². The molecule has 0 atom stereocenters. The minimum absolute atomic E-state index is 0.644. The Morgan fingerprint density at radius 2 is 1.87 bits per heavy atom. The van der Waals surface area contributed by atoms with E-state index in [1.165, 1.54) is 0 Å². The number of benzene rings is 2. The highest BCUT2D eigenvalue weighted by Gasteiger charge is 2.11. The normalized spacial score (nSPS) is 11.9. The number of halogens is 2. The molecule has 0 saturated heterocycles. The summed E-state index contributed by atoms with van der Waals surface area (Å²) in [4.78, 5) is 5.74. The van der Waals surface area contributed by atoms with Gasteiger partial charge in [-0.3, -0.25) is 0 Å². The van der Waals surface area contributed by atoms with E-state index in [-0.39, 0.29) is 0 Å². The molecule has 0 saturated carbocycles. The maximum atomic E-state index is 6.38. The summed E-state index contributed by atoms with van der Waals surface area (Å²) in [5, 5.41) is 3.41. The molecule has 23 heavy (non-hydrogen) atoms. The summed E-state index contributed by atoms with van der Waals surface area (Å²) in [6.07, 6.45) is 1.02. The Kier molecular flexibility index (Phi) is 5.21. The van der Waals surface area contributed by atoms with Crippen LogP contribution < -0.4 is 4.80 Å². The van der Waals surface area contributed by atoms with Gasteiger partial charge in [-0.2, -0.15) is 0 Å². The zero-order valence-corrected chi connectivity index (χ0v) is 15.0. The third-order valence-electron chi connectivity index (χ3n) is 3.43. The Morgan fingerprint density at radius 1 is 1.09 bits per heavy atom. The van der Waals surface area contributed by atoms with Gasteiger partial charge in [-0.15, -0.1) is 11.3 Å². The van der Waals surface area contributed by atoms with Crippen LogP contribution in [-0.2, 0) is 6.54 Å². The molecule has 1 aromatic heterocycles. The number of rotatable bonds is 4. The second kappa shape index (κ2) is 7.35. The van der Waals surface area contributed by atoms with Crippen molar-refractivity contribution in [1.82, 2.24) is 4.57 Å². The van der Waals surface area contributed by atoms with Gasteiger partial charge in [0.2, 0.25) is 0 Å². The third-order valence-corrected chi connectivity index (χ3v) is 4.84. The predicted octanol–water partition coefficient (Wildman–Crippen LogP) is 6.17. The maximum absolute atomic E-state index is 6.38. The molecular weight excluding hydrogens is 347 g/mol. The fourth-order valence-electron chi connectivity index (χ4n) is 2.38. The van der Waals surface area contributed by atoms with Gasteiger partial charge in [0.25, 0.3) is 0 Å². The second-order valence-corrected chi connectivity index (χ2v) is 6.81.